The molecule has 3 nitrogen and oxygen atoms in total. The first-order valence-electron chi connectivity index (χ1n) is 4.51. The second kappa shape index (κ2) is 3.84. The molecule has 0 saturated heterocycles. The summed E-state index contributed by atoms with van der Waals surface area (Å²) in [6, 6.07) is 4.87. The van der Waals surface area contributed by atoms with Gasteiger partial charge < -0.3 is 10.1 Å². The van der Waals surface area contributed by atoms with E-state index >= 15 is 0 Å². The number of ether oxygens (including phenoxy) is 1. The maximum atomic E-state index is 12.0. The summed E-state index contributed by atoms with van der Waals surface area (Å²) in [6.45, 7) is 0.599. The minimum absolute atomic E-state index is 0.379. The zero-order chi connectivity index (χ0) is 10.8. The Morgan fingerprint density at radius 2 is 2.27 bits per heavy atom. The van der Waals surface area contributed by atoms with Gasteiger partial charge in [0.2, 0.25) is 0 Å². The van der Waals surface area contributed by atoms with E-state index in [4.69, 9.17) is 4.74 Å². The third kappa shape index (κ3) is 2.06. The van der Waals surface area contributed by atoms with Crippen LogP contribution in [0.25, 0.3) is 0 Å². The first-order valence-corrected chi connectivity index (χ1v) is 4.51. The van der Waals surface area contributed by atoms with Gasteiger partial charge >= 0.3 is 6.43 Å². The molecule has 0 saturated carbocycles. The van der Waals surface area contributed by atoms with Crippen LogP contribution in [0.1, 0.15) is 5.56 Å². The molecule has 1 aliphatic heterocycles. The summed E-state index contributed by atoms with van der Waals surface area (Å²) in [5.41, 5.74) is 1.31. The van der Waals surface area contributed by atoms with Crippen molar-refractivity contribution in [2.75, 3.05) is 11.9 Å². The lowest BCUT2D eigenvalue weighted by Gasteiger charge is -2.05. The number of amides is 1. The molecular formula is C10H9F2NO2. The summed E-state index contributed by atoms with van der Waals surface area (Å²) in [6.07, 6.45) is -2.25. The van der Waals surface area contributed by atoms with Crippen LogP contribution in [-0.2, 0) is 11.2 Å². The van der Waals surface area contributed by atoms with Gasteiger partial charge in [0, 0.05) is 12.1 Å². The van der Waals surface area contributed by atoms with Gasteiger partial charge in [-0.15, -0.1) is 0 Å². The standard InChI is InChI=1S/C10H9F2NO2/c11-9(12)10(14)13-7-1-2-8-6(5-7)3-4-15-8/h1-2,5,9H,3-4H2,(H,13,14). The molecule has 2 rings (SSSR count). The molecule has 0 spiro atoms. The average Bonchev–Trinajstić information content (AvgIpc) is 2.64. The second-order valence-corrected chi connectivity index (χ2v) is 3.21. The highest BCUT2D eigenvalue weighted by atomic mass is 19.3. The van der Waals surface area contributed by atoms with E-state index < -0.39 is 12.3 Å². The number of carbonyl (C=O) groups is 1. The molecule has 0 aromatic heterocycles. The molecule has 0 atom stereocenters. The monoisotopic (exact) mass is 213 g/mol. The van der Waals surface area contributed by atoms with Crippen LogP contribution in [0.4, 0.5) is 14.5 Å². The fourth-order valence-electron chi connectivity index (χ4n) is 1.46. The zero-order valence-electron chi connectivity index (χ0n) is 7.80. The number of hydrogen-bond donors (Lipinski definition) is 1. The number of rotatable bonds is 2. The molecule has 1 aromatic rings. The SMILES string of the molecule is O=C(Nc1ccc2c(c1)CCO2)C(F)F. The highest BCUT2D eigenvalue weighted by Crippen LogP contribution is 2.27. The Hall–Kier alpha value is -1.65. The first-order chi connectivity index (χ1) is 7.16. The Morgan fingerprint density at radius 1 is 1.47 bits per heavy atom. The largest absolute Gasteiger partial charge is 0.493 e. The predicted molar refractivity (Wildman–Crippen MR) is 50.3 cm³/mol. The van der Waals surface area contributed by atoms with Crippen LogP contribution in [0.5, 0.6) is 5.75 Å². The Bertz CT molecular complexity index is 393. The molecule has 15 heavy (non-hydrogen) atoms. The minimum Gasteiger partial charge on any atom is -0.493 e. The van der Waals surface area contributed by atoms with E-state index in [0.29, 0.717) is 12.3 Å². The van der Waals surface area contributed by atoms with Gasteiger partial charge in [-0.1, -0.05) is 0 Å². The van der Waals surface area contributed by atoms with Crippen molar-refractivity contribution < 1.29 is 18.3 Å². The molecule has 0 bridgehead atoms. The molecule has 0 unspecified atom stereocenters. The minimum atomic E-state index is -2.99. The molecule has 0 fully saturated rings. The number of anilines is 1. The Labute approximate surface area is 85.0 Å². The van der Waals surface area contributed by atoms with Gasteiger partial charge in [0.1, 0.15) is 5.75 Å². The lowest BCUT2D eigenvalue weighted by atomic mass is 10.1. The zero-order valence-corrected chi connectivity index (χ0v) is 7.80. The number of benzene rings is 1. The number of carbonyl (C=O) groups excluding carboxylic acids is 1. The molecule has 0 aliphatic carbocycles. The van der Waals surface area contributed by atoms with Crippen molar-refractivity contribution in [3.63, 3.8) is 0 Å². The normalized spacial score (nSPS) is 13.5. The second-order valence-electron chi connectivity index (χ2n) is 3.21. The van der Waals surface area contributed by atoms with Gasteiger partial charge in [-0.05, 0) is 23.8 Å². The summed E-state index contributed by atoms with van der Waals surface area (Å²) in [5, 5.41) is 2.13. The molecule has 5 heteroatoms. The Morgan fingerprint density at radius 3 is 3.00 bits per heavy atom. The smallest absolute Gasteiger partial charge is 0.315 e. The van der Waals surface area contributed by atoms with Crippen LogP contribution in [0.2, 0.25) is 0 Å². The van der Waals surface area contributed by atoms with Crippen molar-refractivity contribution in [3.8, 4) is 5.75 Å². The number of alkyl halides is 2. The lowest BCUT2D eigenvalue weighted by molar-refractivity contribution is -0.126. The molecule has 1 aliphatic rings. The van der Waals surface area contributed by atoms with E-state index in [1.54, 1.807) is 18.2 Å². The topological polar surface area (TPSA) is 38.3 Å². The fourth-order valence-corrected chi connectivity index (χ4v) is 1.46. The van der Waals surface area contributed by atoms with Crippen LogP contribution in [-0.4, -0.2) is 18.9 Å². The highest BCUT2D eigenvalue weighted by molar-refractivity contribution is 5.93. The highest BCUT2D eigenvalue weighted by Gasteiger charge is 2.17. The van der Waals surface area contributed by atoms with Gasteiger partial charge in [-0.25, -0.2) is 0 Å². The van der Waals surface area contributed by atoms with E-state index in [0.717, 1.165) is 17.7 Å². The van der Waals surface area contributed by atoms with Gasteiger partial charge in [-0.2, -0.15) is 8.78 Å². The number of halogens is 2. The fraction of sp³-hybridized carbons (Fsp3) is 0.300. The summed E-state index contributed by atoms with van der Waals surface area (Å²) in [4.78, 5) is 10.7. The maximum Gasteiger partial charge on any atom is 0.315 e. The number of fused-ring (bicyclic) bond motifs is 1. The third-order valence-corrected chi connectivity index (χ3v) is 2.16. The van der Waals surface area contributed by atoms with Gasteiger partial charge in [0.05, 0.1) is 6.61 Å². The van der Waals surface area contributed by atoms with Crippen LogP contribution in [0.15, 0.2) is 18.2 Å². The summed E-state index contributed by atoms with van der Waals surface area (Å²) in [5.74, 6) is -0.529. The van der Waals surface area contributed by atoms with Crippen LogP contribution in [0.3, 0.4) is 0 Å². The Kier molecular flexibility index (Phi) is 2.53. The number of hydrogen-bond acceptors (Lipinski definition) is 2. The molecule has 80 valence electrons. The van der Waals surface area contributed by atoms with Gasteiger partial charge in [0.25, 0.3) is 5.91 Å². The van der Waals surface area contributed by atoms with Gasteiger partial charge in [-0.3, -0.25) is 4.79 Å². The molecule has 1 heterocycles. The molecule has 1 amide bonds. The van der Waals surface area contributed by atoms with E-state index in [9.17, 15) is 13.6 Å². The van der Waals surface area contributed by atoms with Gasteiger partial charge in [0.15, 0.2) is 0 Å². The molecule has 1 aromatic carbocycles. The maximum absolute atomic E-state index is 12.0. The van der Waals surface area contributed by atoms with Crippen molar-refractivity contribution in [1.82, 2.24) is 0 Å². The molecular weight excluding hydrogens is 204 g/mol. The number of nitrogens with one attached hydrogen (secondary N) is 1. The molecule has 0 radical (unpaired) electrons. The van der Waals surface area contributed by atoms with Crippen molar-refractivity contribution in [2.45, 2.75) is 12.8 Å². The Balaban J connectivity index is 2.13. The van der Waals surface area contributed by atoms with E-state index in [2.05, 4.69) is 5.32 Å². The van der Waals surface area contributed by atoms with Crippen molar-refractivity contribution in [2.24, 2.45) is 0 Å². The average molecular weight is 213 g/mol. The summed E-state index contributed by atoms with van der Waals surface area (Å²) in [7, 11) is 0. The quantitative estimate of drug-likeness (QED) is 0.813. The lowest BCUT2D eigenvalue weighted by Crippen LogP contribution is -2.19. The van der Waals surface area contributed by atoms with Crippen LogP contribution < -0.4 is 10.1 Å². The van der Waals surface area contributed by atoms with Crippen molar-refractivity contribution in [1.29, 1.82) is 0 Å². The third-order valence-electron chi connectivity index (χ3n) is 2.16. The van der Waals surface area contributed by atoms with E-state index in [1.807, 2.05) is 0 Å². The summed E-state index contributed by atoms with van der Waals surface area (Å²) >= 11 is 0. The van der Waals surface area contributed by atoms with Crippen molar-refractivity contribution >= 4 is 11.6 Å². The summed E-state index contributed by atoms with van der Waals surface area (Å²) < 4.78 is 29.1. The van der Waals surface area contributed by atoms with E-state index in [-0.39, 0.29) is 0 Å². The van der Waals surface area contributed by atoms with E-state index in [1.165, 1.54) is 0 Å². The first kappa shape index (κ1) is 9.89. The predicted octanol–water partition coefficient (Wildman–Crippen LogP) is 1.83. The van der Waals surface area contributed by atoms with Crippen LogP contribution >= 0.6 is 0 Å². The van der Waals surface area contributed by atoms with Crippen molar-refractivity contribution in [3.05, 3.63) is 23.8 Å². The van der Waals surface area contributed by atoms with Crippen LogP contribution in [0, 0.1) is 0 Å². The molecule has 1 N–H and O–H groups in total.